The monoisotopic (exact) mass is 313 g/mol. The lowest BCUT2D eigenvalue weighted by Gasteiger charge is -2.31. The van der Waals surface area contributed by atoms with Crippen molar-refractivity contribution in [2.45, 2.75) is 69.5 Å². The molecule has 1 aromatic carbocycles. The molecule has 0 amide bonds. The Kier molecular flexibility index (Phi) is 5.70. The Labute approximate surface area is 139 Å². The van der Waals surface area contributed by atoms with Crippen molar-refractivity contribution in [3.8, 4) is 6.07 Å². The summed E-state index contributed by atoms with van der Waals surface area (Å²) in [4.78, 5) is 0. The third-order valence-electron chi connectivity index (χ3n) is 5.26. The maximum atomic E-state index is 9.67. The van der Waals surface area contributed by atoms with Crippen molar-refractivity contribution in [2.24, 2.45) is 0 Å². The molecule has 1 saturated heterocycles. The van der Waals surface area contributed by atoms with E-state index in [-0.39, 0.29) is 11.7 Å². The Hall–Kier alpha value is -1.37. The molecule has 1 saturated carbocycles. The van der Waals surface area contributed by atoms with Gasteiger partial charge < -0.3 is 9.47 Å². The predicted octanol–water partition coefficient (Wildman–Crippen LogP) is 4.50. The number of rotatable bonds is 5. The Balaban J connectivity index is 1.53. The van der Waals surface area contributed by atoms with Gasteiger partial charge in [0.25, 0.3) is 0 Å². The Morgan fingerprint density at radius 3 is 2.52 bits per heavy atom. The van der Waals surface area contributed by atoms with Gasteiger partial charge in [0, 0.05) is 6.61 Å². The quantitative estimate of drug-likeness (QED) is 0.804. The molecule has 1 atom stereocenters. The van der Waals surface area contributed by atoms with Gasteiger partial charge in [-0.05, 0) is 49.7 Å². The van der Waals surface area contributed by atoms with Gasteiger partial charge in [0.15, 0.2) is 6.29 Å². The fourth-order valence-electron chi connectivity index (χ4n) is 3.76. The van der Waals surface area contributed by atoms with Gasteiger partial charge >= 0.3 is 0 Å². The largest absolute Gasteiger partial charge is 0.353 e. The van der Waals surface area contributed by atoms with Crippen molar-refractivity contribution in [1.29, 1.82) is 5.26 Å². The third-order valence-corrected chi connectivity index (χ3v) is 5.26. The Morgan fingerprint density at radius 2 is 1.87 bits per heavy atom. The van der Waals surface area contributed by atoms with Gasteiger partial charge in [0.2, 0.25) is 0 Å². The lowest BCUT2D eigenvalue weighted by Crippen LogP contribution is -2.27. The molecule has 0 spiro atoms. The SMILES string of the molecule is N#CC1(c2ccc(CCOC3CCCCO3)cc2)CCCCC1. The molecular formula is C20H27NO2. The van der Waals surface area contributed by atoms with Gasteiger partial charge in [-0.15, -0.1) is 0 Å². The van der Waals surface area contributed by atoms with Crippen LogP contribution in [0, 0.1) is 11.3 Å². The first kappa shape index (κ1) is 16.5. The number of benzene rings is 1. The standard InChI is InChI=1S/C20H27NO2/c21-16-20(12-3-1-4-13-20)18-9-7-17(8-10-18)11-15-23-19-6-2-5-14-22-19/h7-10,19H,1-6,11-15H2. The zero-order valence-corrected chi connectivity index (χ0v) is 13.9. The maximum Gasteiger partial charge on any atom is 0.157 e. The summed E-state index contributed by atoms with van der Waals surface area (Å²) in [7, 11) is 0. The van der Waals surface area contributed by atoms with Crippen LogP contribution in [0.4, 0.5) is 0 Å². The highest BCUT2D eigenvalue weighted by atomic mass is 16.7. The molecule has 0 N–H and O–H groups in total. The summed E-state index contributed by atoms with van der Waals surface area (Å²) in [6, 6.07) is 11.2. The van der Waals surface area contributed by atoms with Crippen LogP contribution in [0.2, 0.25) is 0 Å². The smallest absolute Gasteiger partial charge is 0.157 e. The van der Waals surface area contributed by atoms with Crippen molar-refractivity contribution in [3.05, 3.63) is 35.4 Å². The summed E-state index contributed by atoms with van der Waals surface area (Å²) in [5.74, 6) is 0. The number of nitriles is 1. The van der Waals surface area contributed by atoms with E-state index in [1.807, 2.05) is 0 Å². The van der Waals surface area contributed by atoms with Crippen molar-refractivity contribution < 1.29 is 9.47 Å². The van der Waals surface area contributed by atoms with E-state index in [0.29, 0.717) is 6.61 Å². The number of nitrogens with zero attached hydrogens (tertiary/aromatic N) is 1. The van der Waals surface area contributed by atoms with Crippen LogP contribution in [-0.2, 0) is 21.3 Å². The van der Waals surface area contributed by atoms with E-state index < -0.39 is 0 Å². The first-order valence-electron chi connectivity index (χ1n) is 9.06. The van der Waals surface area contributed by atoms with E-state index in [4.69, 9.17) is 9.47 Å². The van der Waals surface area contributed by atoms with Crippen molar-refractivity contribution in [1.82, 2.24) is 0 Å². The molecule has 2 aliphatic rings. The zero-order valence-electron chi connectivity index (χ0n) is 13.9. The summed E-state index contributed by atoms with van der Waals surface area (Å²) < 4.78 is 11.4. The van der Waals surface area contributed by atoms with Crippen LogP contribution >= 0.6 is 0 Å². The molecule has 0 aromatic heterocycles. The molecule has 1 unspecified atom stereocenters. The third kappa shape index (κ3) is 4.13. The Morgan fingerprint density at radius 1 is 1.09 bits per heavy atom. The van der Waals surface area contributed by atoms with Crippen LogP contribution < -0.4 is 0 Å². The Bertz CT molecular complexity index is 520. The van der Waals surface area contributed by atoms with E-state index in [9.17, 15) is 5.26 Å². The van der Waals surface area contributed by atoms with Gasteiger partial charge in [-0.2, -0.15) is 5.26 Å². The van der Waals surface area contributed by atoms with Crippen molar-refractivity contribution >= 4 is 0 Å². The minimum atomic E-state index is -0.247. The molecule has 3 rings (SSSR count). The average Bonchev–Trinajstić information content (AvgIpc) is 2.64. The van der Waals surface area contributed by atoms with Crippen LogP contribution in [0.1, 0.15) is 62.5 Å². The molecule has 124 valence electrons. The fraction of sp³-hybridized carbons (Fsp3) is 0.650. The molecule has 2 fully saturated rings. The zero-order chi connectivity index (χ0) is 16.0. The van der Waals surface area contributed by atoms with Crippen LogP contribution in [0.3, 0.4) is 0 Å². The van der Waals surface area contributed by atoms with E-state index in [0.717, 1.165) is 38.7 Å². The normalized spacial score (nSPS) is 24.0. The van der Waals surface area contributed by atoms with Gasteiger partial charge in [-0.25, -0.2) is 0 Å². The second-order valence-electron chi connectivity index (χ2n) is 6.87. The predicted molar refractivity (Wildman–Crippen MR) is 90.1 cm³/mol. The minimum absolute atomic E-state index is 0.00730. The molecule has 0 bridgehead atoms. The molecular weight excluding hydrogens is 286 g/mol. The van der Waals surface area contributed by atoms with Gasteiger partial charge in [-0.1, -0.05) is 43.5 Å². The van der Waals surface area contributed by atoms with Crippen molar-refractivity contribution in [2.75, 3.05) is 13.2 Å². The highest BCUT2D eigenvalue weighted by Gasteiger charge is 2.33. The molecule has 0 radical (unpaired) electrons. The summed E-state index contributed by atoms with van der Waals surface area (Å²) in [6.07, 6.45) is 9.89. The molecule has 1 aromatic rings. The fourth-order valence-corrected chi connectivity index (χ4v) is 3.76. The van der Waals surface area contributed by atoms with Crippen LogP contribution in [-0.4, -0.2) is 19.5 Å². The minimum Gasteiger partial charge on any atom is -0.353 e. The highest BCUT2D eigenvalue weighted by Crippen LogP contribution is 2.38. The first-order valence-corrected chi connectivity index (χ1v) is 9.06. The second-order valence-corrected chi connectivity index (χ2v) is 6.87. The van der Waals surface area contributed by atoms with E-state index in [1.54, 1.807) is 0 Å². The summed E-state index contributed by atoms with van der Waals surface area (Å²) in [6.45, 7) is 1.53. The van der Waals surface area contributed by atoms with Crippen LogP contribution in [0.5, 0.6) is 0 Å². The van der Waals surface area contributed by atoms with Crippen LogP contribution in [0.25, 0.3) is 0 Å². The number of ether oxygens (including phenoxy) is 2. The molecule has 23 heavy (non-hydrogen) atoms. The summed E-state index contributed by atoms with van der Waals surface area (Å²) in [5, 5.41) is 9.67. The molecule has 1 heterocycles. The topological polar surface area (TPSA) is 42.2 Å². The second kappa shape index (κ2) is 7.95. The lowest BCUT2D eigenvalue weighted by atomic mass is 9.70. The van der Waals surface area contributed by atoms with E-state index in [1.165, 1.54) is 36.8 Å². The maximum absolute atomic E-state index is 9.67. The number of hydrogen-bond acceptors (Lipinski definition) is 3. The van der Waals surface area contributed by atoms with E-state index >= 15 is 0 Å². The number of hydrogen-bond donors (Lipinski definition) is 0. The molecule has 1 aliphatic heterocycles. The molecule has 3 nitrogen and oxygen atoms in total. The average molecular weight is 313 g/mol. The van der Waals surface area contributed by atoms with Gasteiger partial charge in [0.1, 0.15) is 0 Å². The first-order chi connectivity index (χ1) is 11.3. The van der Waals surface area contributed by atoms with Gasteiger partial charge in [0.05, 0.1) is 18.1 Å². The van der Waals surface area contributed by atoms with E-state index in [2.05, 4.69) is 30.3 Å². The summed E-state index contributed by atoms with van der Waals surface area (Å²) in [5.41, 5.74) is 2.22. The van der Waals surface area contributed by atoms with Crippen LogP contribution in [0.15, 0.2) is 24.3 Å². The summed E-state index contributed by atoms with van der Waals surface area (Å²) >= 11 is 0. The molecule has 3 heteroatoms. The van der Waals surface area contributed by atoms with Crippen molar-refractivity contribution in [3.63, 3.8) is 0 Å². The lowest BCUT2D eigenvalue weighted by molar-refractivity contribution is -0.161. The van der Waals surface area contributed by atoms with Gasteiger partial charge in [-0.3, -0.25) is 0 Å². The molecule has 1 aliphatic carbocycles. The highest BCUT2D eigenvalue weighted by molar-refractivity contribution is 5.35.